The molecule has 1 amide bonds. The number of hydrogen-bond donors (Lipinski definition) is 0. The van der Waals surface area contributed by atoms with Crippen molar-refractivity contribution in [3.63, 3.8) is 0 Å². The lowest BCUT2D eigenvalue weighted by atomic mass is 10.1. The van der Waals surface area contributed by atoms with E-state index in [1.54, 1.807) is 6.26 Å². The zero-order valence-corrected chi connectivity index (χ0v) is 17.0. The molecule has 7 heteroatoms. The number of nitrogens with zero attached hydrogens (tertiary/aromatic N) is 3. The van der Waals surface area contributed by atoms with Gasteiger partial charge in [0.25, 0.3) is 5.91 Å². The van der Waals surface area contributed by atoms with Crippen LogP contribution in [0.5, 0.6) is 0 Å². The van der Waals surface area contributed by atoms with Crippen LogP contribution in [0, 0.1) is 6.92 Å². The predicted molar refractivity (Wildman–Crippen MR) is 105 cm³/mol. The van der Waals surface area contributed by atoms with E-state index in [4.69, 9.17) is 9.15 Å². The van der Waals surface area contributed by atoms with E-state index in [1.807, 2.05) is 24.0 Å². The summed E-state index contributed by atoms with van der Waals surface area (Å²) < 4.78 is 11.3. The Morgan fingerprint density at radius 1 is 1.33 bits per heavy atom. The Morgan fingerprint density at radius 3 is 2.81 bits per heavy atom. The van der Waals surface area contributed by atoms with Crippen molar-refractivity contribution >= 4 is 17.2 Å². The molecule has 2 aromatic heterocycles. The molecule has 3 unspecified atom stereocenters. The van der Waals surface area contributed by atoms with E-state index in [1.165, 1.54) is 11.3 Å². The summed E-state index contributed by atoms with van der Waals surface area (Å²) in [6.07, 6.45) is 4.24. The van der Waals surface area contributed by atoms with E-state index < -0.39 is 0 Å². The van der Waals surface area contributed by atoms with Crippen LogP contribution >= 0.6 is 11.3 Å². The minimum atomic E-state index is 0.0541. The molecule has 2 aromatic rings. The van der Waals surface area contributed by atoms with Crippen LogP contribution in [-0.4, -0.2) is 65.1 Å². The van der Waals surface area contributed by atoms with Crippen LogP contribution in [-0.2, 0) is 4.74 Å². The SMILES string of the molecule is Cc1sc(-c2ccco2)nc1C(=O)N1CCCC1CN1CC(C)OC(C)C1. The van der Waals surface area contributed by atoms with Gasteiger partial charge in [-0.05, 0) is 45.7 Å². The van der Waals surface area contributed by atoms with Gasteiger partial charge in [-0.25, -0.2) is 4.98 Å². The molecule has 0 saturated carbocycles. The van der Waals surface area contributed by atoms with Crippen molar-refractivity contribution in [1.29, 1.82) is 0 Å². The summed E-state index contributed by atoms with van der Waals surface area (Å²) in [6.45, 7) is 9.80. The fraction of sp³-hybridized carbons (Fsp3) is 0.600. The second-order valence-corrected chi connectivity index (χ2v) is 8.87. The van der Waals surface area contributed by atoms with Crippen LogP contribution in [0.1, 0.15) is 42.1 Å². The normalized spacial score (nSPS) is 26.6. The van der Waals surface area contributed by atoms with E-state index in [9.17, 15) is 4.79 Å². The highest BCUT2D eigenvalue weighted by Gasteiger charge is 2.34. The van der Waals surface area contributed by atoms with Crippen molar-refractivity contribution < 1.29 is 13.9 Å². The Kier molecular flexibility index (Phi) is 5.34. The van der Waals surface area contributed by atoms with Crippen molar-refractivity contribution in [2.24, 2.45) is 0 Å². The van der Waals surface area contributed by atoms with Crippen LogP contribution in [0.15, 0.2) is 22.8 Å². The predicted octanol–water partition coefficient (Wildman–Crippen LogP) is 3.43. The van der Waals surface area contributed by atoms with Gasteiger partial charge in [-0.3, -0.25) is 9.69 Å². The standard InChI is InChI=1S/C20H27N3O3S/c1-13-10-22(11-14(2)26-13)12-16-6-4-8-23(16)20(24)18-15(3)27-19(21-18)17-7-5-9-25-17/h5,7,9,13-14,16H,4,6,8,10-12H2,1-3H3. The molecular weight excluding hydrogens is 362 g/mol. The average molecular weight is 390 g/mol. The average Bonchev–Trinajstić information content (AvgIpc) is 3.33. The van der Waals surface area contributed by atoms with Crippen molar-refractivity contribution in [2.75, 3.05) is 26.2 Å². The number of furan rings is 1. The van der Waals surface area contributed by atoms with Gasteiger partial charge in [0.1, 0.15) is 5.69 Å². The molecule has 146 valence electrons. The third-order valence-electron chi connectivity index (χ3n) is 5.33. The molecule has 0 N–H and O–H groups in total. The number of morpholine rings is 1. The van der Waals surface area contributed by atoms with Crippen LogP contribution in [0.25, 0.3) is 10.8 Å². The van der Waals surface area contributed by atoms with Crippen molar-refractivity contribution in [3.8, 4) is 10.8 Å². The van der Waals surface area contributed by atoms with Gasteiger partial charge in [-0.1, -0.05) is 0 Å². The topological polar surface area (TPSA) is 58.8 Å². The Morgan fingerprint density at radius 2 is 2.11 bits per heavy atom. The quantitative estimate of drug-likeness (QED) is 0.802. The fourth-order valence-corrected chi connectivity index (χ4v) is 5.13. The number of rotatable bonds is 4. The number of aromatic nitrogens is 1. The zero-order chi connectivity index (χ0) is 19.0. The Hall–Kier alpha value is -1.70. The molecule has 2 fully saturated rings. The first kappa shape index (κ1) is 18.7. The summed E-state index contributed by atoms with van der Waals surface area (Å²) in [5.74, 6) is 0.773. The maximum absolute atomic E-state index is 13.2. The summed E-state index contributed by atoms with van der Waals surface area (Å²) in [7, 11) is 0. The number of carbonyl (C=O) groups excluding carboxylic acids is 1. The number of likely N-dealkylation sites (tertiary alicyclic amines) is 1. The summed E-state index contributed by atoms with van der Waals surface area (Å²) >= 11 is 1.52. The molecule has 3 atom stereocenters. The summed E-state index contributed by atoms with van der Waals surface area (Å²) in [4.78, 5) is 23.2. The molecule has 0 spiro atoms. The molecular formula is C20H27N3O3S. The molecule has 0 bridgehead atoms. The van der Waals surface area contributed by atoms with Gasteiger partial charge >= 0.3 is 0 Å². The van der Waals surface area contributed by atoms with Gasteiger partial charge < -0.3 is 14.1 Å². The lowest BCUT2D eigenvalue weighted by molar-refractivity contribution is -0.0715. The minimum Gasteiger partial charge on any atom is -0.462 e. The number of ether oxygens (including phenoxy) is 1. The van der Waals surface area contributed by atoms with E-state index in [2.05, 4.69) is 23.7 Å². The second-order valence-electron chi connectivity index (χ2n) is 7.67. The molecule has 4 rings (SSSR count). The Bertz CT molecular complexity index is 779. The molecule has 0 radical (unpaired) electrons. The molecule has 0 aliphatic carbocycles. The molecule has 0 aromatic carbocycles. The van der Waals surface area contributed by atoms with Gasteiger partial charge in [0, 0.05) is 37.1 Å². The molecule has 6 nitrogen and oxygen atoms in total. The Balaban J connectivity index is 1.48. The summed E-state index contributed by atoms with van der Waals surface area (Å²) in [6, 6.07) is 3.98. The van der Waals surface area contributed by atoms with E-state index in [-0.39, 0.29) is 24.2 Å². The third-order valence-corrected chi connectivity index (χ3v) is 6.32. The number of thiazole rings is 1. The third kappa shape index (κ3) is 3.95. The fourth-order valence-electron chi connectivity index (χ4n) is 4.26. The van der Waals surface area contributed by atoms with Crippen LogP contribution in [0.2, 0.25) is 0 Å². The van der Waals surface area contributed by atoms with Gasteiger partial charge in [0.05, 0.1) is 18.5 Å². The van der Waals surface area contributed by atoms with Gasteiger partial charge in [0.2, 0.25) is 0 Å². The minimum absolute atomic E-state index is 0.0541. The highest BCUT2D eigenvalue weighted by atomic mass is 32.1. The largest absolute Gasteiger partial charge is 0.462 e. The highest BCUT2D eigenvalue weighted by Crippen LogP contribution is 2.30. The molecule has 2 aliphatic rings. The number of carbonyl (C=O) groups is 1. The molecule has 2 aliphatic heterocycles. The summed E-state index contributed by atoms with van der Waals surface area (Å²) in [5.41, 5.74) is 0.571. The highest BCUT2D eigenvalue weighted by molar-refractivity contribution is 7.15. The maximum atomic E-state index is 13.2. The van der Waals surface area contributed by atoms with E-state index in [0.29, 0.717) is 5.69 Å². The monoisotopic (exact) mass is 389 g/mol. The smallest absolute Gasteiger partial charge is 0.273 e. The second kappa shape index (κ2) is 7.73. The van der Waals surface area contributed by atoms with Gasteiger partial charge in [-0.15, -0.1) is 11.3 Å². The summed E-state index contributed by atoms with van der Waals surface area (Å²) in [5, 5.41) is 0.771. The van der Waals surface area contributed by atoms with Crippen LogP contribution in [0.4, 0.5) is 0 Å². The lowest BCUT2D eigenvalue weighted by Gasteiger charge is -2.38. The lowest BCUT2D eigenvalue weighted by Crippen LogP contribution is -2.51. The molecule has 4 heterocycles. The Labute approximate surface area is 164 Å². The first-order valence-electron chi connectivity index (χ1n) is 9.71. The van der Waals surface area contributed by atoms with Crippen molar-refractivity contribution in [3.05, 3.63) is 29.0 Å². The zero-order valence-electron chi connectivity index (χ0n) is 16.2. The van der Waals surface area contributed by atoms with Crippen LogP contribution in [0.3, 0.4) is 0 Å². The molecule has 2 saturated heterocycles. The molecule has 27 heavy (non-hydrogen) atoms. The van der Waals surface area contributed by atoms with Gasteiger partial charge in [-0.2, -0.15) is 0 Å². The van der Waals surface area contributed by atoms with Gasteiger partial charge in [0.15, 0.2) is 10.8 Å². The number of aryl methyl sites for hydroxylation is 1. The van der Waals surface area contributed by atoms with Crippen molar-refractivity contribution in [1.82, 2.24) is 14.8 Å². The number of amides is 1. The number of hydrogen-bond acceptors (Lipinski definition) is 6. The van der Waals surface area contributed by atoms with E-state index >= 15 is 0 Å². The maximum Gasteiger partial charge on any atom is 0.273 e. The van der Waals surface area contributed by atoms with E-state index in [0.717, 1.165) is 54.7 Å². The van der Waals surface area contributed by atoms with Crippen LogP contribution < -0.4 is 0 Å². The first-order chi connectivity index (χ1) is 13.0. The van der Waals surface area contributed by atoms with Crippen molar-refractivity contribution in [2.45, 2.75) is 51.9 Å². The first-order valence-corrected chi connectivity index (χ1v) is 10.5.